The zero-order valence-electron chi connectivity index (χ0n) is 15.8. The minimum atomic E-state index is -0.560. The van der Waals surface area contributed by atoms with Crippen molar-refractivity contribution in [1.29, 1.82) is 0 Å². The molecule has 24 heavy (non-hydrogen) atoms. The molecule has 0 N–H and O–H groups in total. The van der Waals surface area contributed by atoms with Crippen molar-refractivity contribution >= 4 is 18.7 Å². The van der Waals surface area contributed by atoms with E-state index in [-0.39, 0.29) is 6.09 Å². The van der Waals surface area contributed by atoms with Crippen LogP contribution >= 0.6 is 0 Å². The summed E-state index contributed by atoms with van der Waals surface area (Å²) < 4.78 is 17.8. The molecule has 6 heteroatoms. The number of carbonyl (C=O) groups is 1. The van der Waals surface area contributed by atoms with Crippen molar-refractivity contribution in [1.82, 2.24) is 4.90 Å². The first-order valence-electron chi connectivity index (χ1n) is 8.54. The summed E-state index contributed by atoms with van der Waals surface area (Å²) >= 11 is 0. The quantitative estimate of drug-likeness (QED) is 0.795. The summed E-state index contributed by atoms with van der Waals surface area (Å²) in [6.45, 7) is 15.0. The van der Waals surface area contributed by atoms with Gasteiger partial charge in [-0.1, -0.05) is 12.1 Å². The second-order valence-corrected chi connectivity index (χ2v) is 7.17. The highest BCUT2D eigenvalue weighted by atomic mass is 16.7. The number of carbonyl (C=O) groups excluding carboxylic acids is 1. The van der Waals surface area contributed by atoms with Crippen LogP contribution < -0.4 is 10.2 Å². The van der Waals surface area contributed by atoms with Crippen LogP contribution in [0.4, 0.5) is 4.79 Å². The summed E-state index contributed by atoms with van der Waals surface area (Å²) in [5.74, 6) is 0.491. The van der Waals surface area contributed by atoms with Crippen molar-refractivity contribution in [2.24, 2.45) is 0 Å². The third-order valence-electron chi connectivity index (χ3n) is 4.90. The maximum Gasteiger partial charge on any atom is 0.498 e. The van der Waals surface area contributed by atoms with Crippen LogP contribution in [0.2, 0.25) is 0 Å². The Balaban J connectivity index is 2.31. The lowest BCUT2D eigenvalue weighted by Gasteiger charge is -2.32. The first-order chi connectivity index (χ1) is 11.1. The summed E-state index contributed by atoms with van der Waals surface area (Å²) in [7, 11) is -0.560. The van der Waals surface area contributed by atoms with E-state index < -0.39 is 18.3 Å². The van der Waals surface area contributed by atoms with Gasteiger partial charge in [-0.05, 0) is 60.1 Å². The van der Waals surface area contributed by atoms with Gasteiger partial charge in [0, 0.05) is 18.6 Å². The molecule has 1 aromatic rings. The summed E-state index contributed by atoms with van der Waals surface area (Å²) in [4.78, 5) is 14.0. The smallest absolute Gasteiger partial charge is 0.411 e. The molecule has 0 saturated carbocycles. The van der Waals surface area contributed by atoms with E-state index in [4.69, 9.17) is 14.0 Å². The molecule has 0 aromatic heterocycles. The van der Waals surface area contributed by atoms with Crippen LogP contribution in [0.1, 0.15) is 47.1 Å². The zero-order chi connectivity index (χ0) is 18.1. The molecule has 1 fully saturated rings. The maximum absolute atomic E-state index is 12.3. The number of rotatable bonds is 4. The van der Waals surface area contributed by atoms with Gasteiger partial charge >= 0.3 is 13.2 Å². The fourth-order valence-electron chi connectivity index (χ4n) is 2.54. The highest BCUT2D eigenvalue weighted by Crippen LogP contribution is 2.37. The molecule has 1 heterocycles. The van der Waals surface area contributed by atoms with Crippen molar-refractivity contribution in [3.8, 4) is 5.75 Å². The van der Waals surface area contributed by atoms with Crippen molar-refractivity contribution < 1.29 is 18.8 Å². The summed E-state index contributed by atoms with van der Waals surface area (Å²) in [6.07, 6.45) is -0.358. The first kappa shape index (κ1) is 18.8. The van der Waals surface area contributed by atoms with Crippen LogP contribution in [0.25, 0.3) is 0 Å². The van der Waals surface area contributed by atoms with Crippen LogP contribution in [0, 0.1) is 6.92 Å². The van der Waals surface area contributed by atoms with Gasteiger partial charge in [0.25, 0.3) is 0 Å². The Morgan fingerprint density at radius 1 is 1.12 bits per heavy atom. The number of amides is 1. The SMILES string of the molecule is CCN(CC)C(=O)Oc1cc(C)ccc1B1OC(C)(C)C(C)(C)O1. The number of hydrogen-bond acceptors (Lipinski definition) is 4. The summed E-state index contributed by atoms with van der Waals surface area (Å²) in [5, 5.41) is 0. The second-order valence-electron chi connectivity index (χ2n) is 7.17. The van der Waals surface area contributed by atoms with Crippen LogP contribution in [0.15, 0.2) is 18.2 Å². The van der Waals surface area contributed by atoms with E-state index >= 15 is 0 Å². The highest BCUT2D eigenvalue weighted by molar-refractivity contribution is 6.63. The normalized spacial score (nSPS) is 18.5. The topological polar surface area (TPSA) is 48.0 Å². The lowest BCUT2D eigenvalue weighted by molar-refractivity contribution is 0.00578. The highest BCUT2D eigenvalue weighted by Gasteiger charge is 2.52. The van der Waals surface area contributed by atoms with Gasteiger partial charge in [-0.15, -0.1) is 0 Å². The Kier molecular flexibility index (Phi) is 5.30. The fraction of sp³-hybridized carbons (Fsp3) is 0.611. The second kappa shape index (κ2) is 6.77. The third-order valence-corrected chi connectivity index (χ3v) is 4.90. The Morgan fingerprint density at radius 2 is 1.67 bits per heavy atom. The van der Waals surface area contributed by atoms with Crippen LogP contribution in [-0.2, 0) is 9.31 Å². The van der Waals surface area contributed by atoms with Crippen molar-refractivity contribution in [3.63, 3.8) is 0 Å². The van der Waals surface area contributed by atoms with Crippen molar-refractivity contribution in [2.45, 2.75) is 59.7 Å². The minimum absolute atomic E-state index is 0.358. The van der Waals surface area contributed by atoms with E-state index in [1.54, 1.807) is 4.90 Å². The van der Waals surface area contributed by atoms with E-state index in [0.717, 1.165) is 11.0 Å². The van der Waals surface area contributed by atoms with Gasteiger partial charge in [0.2, 0.25) is 0 Å². The van der Waals surface area contributed by atoms with Gasteiger partial charge in [-0.2, -0.15) is 0 Å². The predicted octanol–water partition coefficient (Wildman–Crippen LogP) is 3.13. The average Bonchev–Trinajstić information content (AvgIpc) is 2.68. The zero-order valence-corrected chi connectivity index (χ0v) is 15.8. The summed E-state index contributed by atoms with van der Waals surface area (Å²) in [5.41, 5.74) is 0.864. The van der Waals surface area contributed by atoms with E-state index in [0.29, 0.717) is 18.8 Å². The standard InChI is InChI=1S/C18H28BNO4/c1-8-20(9-2)16(21)22-15-12-13(3)10-11-14(15)19-23-17(4,5)18(6,7)24-19/h10-12H,8-9H2,1-7H3. The van der Waals surface area contributed by atoms with Crippen LogP contribution in [0.5, 0.6) is 5.75 Å². The lowest BCUT2D eigenvalue weighted by Crippen LogP contribution is -2.41. The van der Waals surface area contributed by atoms with Gasteiger partial charge in [-0.3, -0.25) is 0 Å². The maximum atomic E-state index is 12.3. The number of nitrogens with zero attached hydrogens (tertiary/aromatic N) is 1. The molecule has 132 valence electrons. The van der Waals surface area contributed by atoms with E-state index in [1.807, 2.05) is 66.7 Å². The molecular weight excluding hydrogens is 305 g/mol. The molecule has 0 atom stereocenters. The van der Waals surface area contributed by atoms with Gasteiger partial charge < -0.3 is 18.9 Å². The third kappa shape index (κ3) is 3.60. The van der Waals surface area contributed by atoms with E-state index in [9.17, 15) is 4.79 Å². The van der Waals surface area contributed by atoms with Gasteiger partial charge in [0.15, 0.2) is 0 Å². The van der Waals surface area contributed by atoms with Crippen LogP contribution in [0.3, 0.4) is 0 Å². The van der Waals surface area contributed by atoms with E-state index in [2.05, 4.69) is 0 Å². The first-order valence-corrected chi connectivity index (χ1v) is 8.54. The summed E-state index contributed by atoms with van der Waals surface area (Å²) in [6, 6.07) is 5.72. The number of aryl methyl sites for hydroxylation is 1. The molecule has 0 aliphatic carbocycles. The number of ether oxygens (including phenoxy) is 1. The van der Waals surface area contributed by atoms with Crippen molar-refractivity contribution in [2.75, 3.05) is 13.1 Å². The molecule has 1 aromatic carbocycles. The molecule has 1 aliphatic rings. The van der Waals surface area contributed by atoms with Gasteiger partial charge in [0.05, 0.1) is 11.2 Å². The molecular formula is C18H28BNO4. The molecule has 1 saturated heterocycles. The molecule has 0 unspecified atom stereocenters. The van der Waals surface area contributed by atoms with Gasteiger partial charge in [0.1, 0.15) is 5.75 Å². The predicted molar refractivity (Wildman–Crippen MR) is 95.8 cm³/mol. The molecule has 2 rings (SSSR count). The Labute approximate surface area is 145 Å². The molecule has 0 spiro atoms. The monoisotopic (exact) mass is 333 g/mol. The Bertz CT molecular complexity index is 595. The molecule has 1 amide bonds. The van der Waals surface area contributed by atoms with Gasteiger partial charge in [-0.25, -0.2) is 4.79 Å². The van der Waals surface area contributed by atoms with Crippen molar-refractivity contribution in [3.05, 3.63) is 23.8 Å². The largest absolute Gasteiger partial charge is 0.498 e. The Morgan fingerprint density at radius 3 is 2.17 bits per heavy atom. The van der Waals surface area contributed by atoms with Crippen LogP contribution in [-0.4, -0.2) is 42.4 Å². The molecule has 0 radical (unpaired) electrons. The molecule has 5 nitrogen and oxygen atoms in total. The minimum Gasteiger partial charge on any atom is -0.411 e. The molecule has 1 aliphatic heterocycles. The number of benzene rings is 1. The fourth-order valence-corrected chi connectivity index (χ4v) is 2.54. The number of hydrogen-bond donors (Lipinski definition) is 0. The lowest BCUT2D eigenvalue weighted by atomic mass is 9.78. The van der Waals surface area contributed by atoms with E-state index in [1.165, 1.54) is 0 Å². The molecule has 0 bridgehead atoms. The Hall–Kier alpha value is -1.53. The average molecular weight is 333 g/mol.